The monoisotopic (exact) mass is 270 g/mol. The Morgan fingerprint density at radius 1 is 1.46 bits per heavy atom. The van der Waals surface area contributed by atoms with E-state index in [9.17, 15) is 13.9 Å². The van der Waals surface area contributed by atoms with Crippen molar-refractivity contribution < 1.29 is 13.9 Å². The van der Waals surface area contributed by atoms with Crippen molar-refractivity contribution in [3.63, 3.8) is 0 Å². The average Bonchev–Trinajstić information content (AvgIpc) is 2.33. The van der Waals surface area contributed by atoms with E-state index in [0.29, 0.717) is 0 Å². The van der Waals surface area contributed by atoms with Gasteiger partial charge in [-0.3, -0.25) is 0 Å². The van der Waals surface area contributed by atoms with Gasteiger partial charge in [-0.15, -0.1) is 11.3 Å². The van der Waals surface area contributed by atoms with Crippen molar-refractivity contribution in [1.29, 1.82) is 0 Å². The predicted octanol–water partition coefficient (Wildman–Crippen LogP) is 3.25. The first-order chi connectivity index (χ1) is 5.75. The summed E-state index contributed by atoms with van der Waals surface area (Å²) in [5, 5.41) is 9.55. The number of aryl methyl sites for hydroxylation is 1. The zero-order valence-electron chi connectivity index (χ0n) is 7.14. The minimum atomic E-state index is -3.31. The van der Waals surface area contributed by atoms with Crippen LogP contribution in [-0.4, -0.2) is 9.94 Å². The molecule has 13 heavy (non-hydrogen) atoms. The number of rotatable bonds is 2. The van der Waals surface area contributed by atoms with Crippen molar-refractivity contribution in [3.8, 4) is 0 Å². The Bertz CT molecular complexity index is 303. The molecule has 0 bridgehead atoms. The predicted molar refractivity (Wildman–Crippen MR) is 52.5 cm³/mol. The summed E-state index contributed by atoms with van der Waals surface area (Å²) in [4.78, 5) is -2.16. The summed E-state index contributed by atoms with van der Waals surface area (Å²) < 4.78 is 25.7. The Morgan fingerprint density at radius 2 is 2.00 bits per heavy atom. The molecule has 1 aromatic heterocycles. The molecule has 1 nitrogen and oxygen atoms in total. The Morgan fingerprint density at radius 3 is 2.31 bits per heavy atom. The van der Waals surface area contributed by atoms with Crippen LogP contribution in [0, 0.1) is 6.92 Å². The van der Waals surface area contributed by atoms with Gasteiger partial charge in [0, 0.05) is 9.75 Å². The maximum atomic E-state index is 12.9. The fraction of sp³-hybridized carbons (Fsp3) is 0.500. The van der Waals surface area contributed by atoms with Gasteiger partial charge < -0.3 is 5.11 Å². The summed E-state index contributed by atoms with van der Waals surface area (Å²) in [6.45, 7) is 2.89. The number of hydrogen-bond acceptors (Lipinski definition) is 2. The Labute approximate surface area is 87.5 Å². The smallest absolute Gasteiger partial charge is 0.334 e. The van der Waals surface area contributed by atoms with Crippen molar-refractivity contribution in [3.05, 3.63) is 21.9 Å². The van der Waals surface area contributed by atoms with Gasteiger partial charge in [0.2, 0.25) is 0 Å². The van der Waals surface area contributed by atoms with Crippen molar-refractivity contribution >= 4 is 27.3 Å². The molecule has 0 radical (unpaired) electrons. The van der Waals surface area contributed by atoms with Crippen molar-refractivity contribution in [2.24, 2.45) is 0 Å². The van der Waals surface area contributed by atoms with Crippen LogP contribution in [0.2, 0.25) is 0 Å². The van der Waals surface area contributed by atoms with E-state index in [-0.39, 0.29) is 4.88 Å². The summed E-state index contributed by atoms with van der Waals surface area (Å²) >= 11 is 3.33. The number of hydrogen-bond donors (Lipinski definition) is 1. The van der Waals surface area contributed by atoms with Gasteiger partial charge in [0.25, 0.3) is 0 Å². The molecule has 0 fully saturated rings. The van der Waals surface area contributed by atoms with Crippen molar-refractivity contribution in [2.45, 2.75) is 24.3 Å². The van der Waals surface area contributed by atoms with E-state index in [1.807, 2.05) is 0 Å². The van der Waals surface area contributed by atoms with Gasteiger partial charge in [0.1, 0.15) is 0 Å². The molecule has 0 aliphatic rings. The second-order valence-corrected chi connectivity index (χ2v) is 5.26. The largest absolute Gasteiger partial charge is 0.377 e. The number of aliphatic hydroxyl groups is 1. The van der Waals surface area contributed by atoms with Crippen LogP contribution in [0.3, 0.4) is 0 Å². The normalized spacial score (nSPS) is 17.1. The third-order valence-electron chi connectivity index (χ3n) is 1.77. The molecule has 1 aromatic rings. The molecule has 1 unspecified atom stereocenters. The number of thiophene rings is 1. The molecular formula is C8H9BrF2OS. The maximum Gasteiger partial charge on any atom is 0.334 e. The van der Waals surface area contributed by atoms with Gasteiger partial charge in [-0.1, -0.05) is 0 Å². The zero-order valence-corrected chi connectivity index (χ0v) is 9.55. The fourth-order valence-electron chi connectivity index (χ4n) is 0.836. The minimum absolute atomic E-state index is 0.256. The van der Waals surface area contributed by atoms with E-state index in [1.165, 1.54) is 6.07 Å². The van der Waals surface area contributed by atoms with E-state index < -0.39 is 10.4 Å². The highest BCUT2D eigenvalue weighted by molar-refractivity contribution is 9.10. The first-order valence-corrected chi connectivity index (χ1v) is 5.22. The van der Waals surface area contributed by atoms with E-state index in [0.717, 1.165) is 23.1 Å². The first-order valence-electron chi connectivity index (χ1n) is 3.61. The van der Waals surface area contributed by atoms with Gasteiger partial charge in [-0.05, 0) is 41.9 Å². The molecule has 1 heterocycles. The lowest BCUT2D eigenvalue weighted by atomic mass is 10.1. The van der Waals surface area contributed by atoms with Crippen molar-refractivity contribution in [2.75, 3.05) is 0 Å². The van der Waals surface area contributed by atoms with Gasteiger partial charge in [-0.25, -0.2) is 0 Å². The second kappa shape index (κ2) is 3.29. The quantitative estimate of drug-likeness (QED) is 0.818. The van der Waals surface area contributed by atoms with Crippen molar-refractivity contribution in [1.82, 2.24) is 0 Å². The van der Waals surface area contributed by atoms with Gasteiger partial charge in [-0.2, -0.15) is 8.78 Å². The third kappa shape index (κ3) is 2.08. The van der Waals surface area contributed by atoms with Gasteiger partial charge in [0.15, 0.2) is 5.60 Å². The molecule has 1 N–H and O–H groups in total. The van der Waals surface area contributed by atoms with Crippen LogP contribution in [0.1, 0.15) is 16.7 Å². The summed E-state index contributed by atoms with van der Waals surface area (Å²) in [5.41, 5.74) is -2.15. The van der Waals surface area contributed by atoms with E-state index >= 15 is 0 Å². The average molecular weight is 271 g/mol. The summed E-state index contributed by atoms with van der Waals surface area (Å²) in [6, 6.07) is 3.21. The summed E-state index contributed by atoms with van der Waals surface area (Å²) in [5.74, 6) is 0. The second-order valence-electron chi connectivity index (χ2n) is 2.98. The summed E-state index contributed by atoms with van der Waals surface area (Å²) in [7, 11) is 0. The van der Waals surface area contributed by atoms with Gasteiger partial charge in [0.05, 0.1) is 0 Å². The molecule has 0 aliphatic carbocycles. The minimum Gasteiger partial charge on any atom is -0.377 e. The highest BCUT2D eigenvalue weighted by atomic mass is 79.9. The third-order valence-corrected chi connectivity index (χ3v) is 3.76. The van der Waals surface area contributed by atoms with Crippen LogP contribution in [0.15, 0.2) is 12.1 Å². The van der Waals surface area contributed by atoms with E-state index in [1.54, 1.807) is 13.0 Å². The van der Waals surface area contributed by atoms with Crippen LogP contribution in [-0.2, 0) is 5.60 Å². The summed E-state index contributed by atoms with van der Waals surface area (Å²) in [6.07, 6.45) is 0. The highest BCUT2D eigenvalue weighted by Crippen LogP contribution is 2.44. The SMILES string of the molecule is Cc1ccc(C(C)(O)C(F)(F)Br)s1. The molecule has 74 valence electrons. The van der Waals surface area contributed by atoms with Crippen LogP contribution in [0.25, 0.3) is 0 Å². The molecule has 1 rings (SSSR count). The molecule has 0 aromatic carbocycles. The molecule has 5 heteroatoms. The Hall–Kier alpha value is -0.000000000000000194. The van der Waals surface area contributed by atoms with Crippen LogP contribution in [0.5, 0.6) is 0 Å². The van der Waals surface area contributed by atoms with Crippen LogP contribution < -0.4 is 0 Å². The molecule has 1 atom stereocenters. The molecule has 0 saturated heterocycles. The number of halogens is 3. The maximum absolute atomic E-state index is 12.9. The lowest BCUT2D eigenvalue weighted by Crippen LogP contribution is -2.36. The molecule has 0 amide bonds. The van der Waals surface area contributed by atoms with Crippen LogP contribution >= 0.6 is 27.3 Å². The van der Waals surface area contributed by atoms with Crippen LogP contribution in [0.4, 0.5) is 8.78 Å². The van der Waals surface area contributed by atoms with E-state index in [4.69, 9.17) is 0 Å². The first kappa shape index (κ1) is 11.1. The van der Waals surface area contributed by atoms with Gasteiger partial charge >= 0.3 is 4.83 Å². The topological polar surface area (TPSA) is 20.2 Å². The zero-order chi connectivity index (χ0) is 10.3. The standard InChI is InChI=1S/C8H9BrF2OS/c1-5-3-4-6(13-5)7(2,12)8(9,10)11/h3-4,12H,1-2H3. The Balaban J connectivity index is 3.07. The van der Waals surface area contributed by atoms with E-state index in [2.05, 4.69) is 15.9 Å². The molecule has 0 saturated carbocycles. The lowest BCUT2D eigenvalue weighted by Gasteiger charge is -2.26. The number of alkyl halides is 3. The molecule has 0 aliphatic heterocycles. The fourth-order valence-corrected chi connectivity index (χ4v) is 2.13. The molecular weight excluding hydrogens is 262 g/mol. The molecule has 0 spiro atoms. The lowest BCUT2D eigenvalue weighted by molar-refractivity contribution is -0.106. The Kier molecular flexibility index (Phi) is 2.81. The highest BCUT2D eigenvalue weighted by Gasteiger charge is 2.48.